The number of methoxy groups -OCH3 is 2. The Labute approximate surface area is 158 Å². The van der Waals surface area contributed by atoms with Crippen LogP contribution in [-0.2, 0) is 13.0 Å². The van der Waals surface area contributed by atoms with Gasteiger partial charge in [-0.05, 0) is 47.9 Å². The fourth-order valence-electron chi connectivity index (χ4n) is 2.59. The van der Waals surface area contributed by atoms with Gasteiger partial charge in [-0.3, -0.25) is 4.98 Å². The van der Waals surface area contributed by atoms with Gasteiger partial charge in [-0.15, -0.1) is 0 Å². The average Bonchev–Trinajstić information content (AvgIpc) is 2.73. The van der Waals surface area contributed by atoms with Gasteiger partial charge in [0.05, 0.1) is 14.2 Å². The minimum atomic E-state index is 0.593. The summed E-state index contributed by atoms with van der Waals surface area (Å²) in [5.41, 5.74) is 2.29. The molecular formula is C20H23N5O2. The van der Waals surface area contributed by atoms with Crippen LogP contribution in [-0.4, -0.2) is 35.7 Å². The first-order chi connectivity index (χ1) is 13.3. The van der Waals surface area contributed by atoms with E-state index < -0.39 is 0 Å². The second-order valence-electron chi connectivity index (χ2n) is 5.84. The van der Waals surface area contributed by atoms with Gasteiger partial charge in [-0.1, -0.05) is 6.07 Å². The average molecular weight is 365 g/mol. The zero-order chi connectivity index (χ0) is 18.9. The van der Waals surface area contributed by atoms with Crippen molar-refractivity contribution in [3.05, 3.63) is 66.1 Å². The number of ether oxygens (including phenoxy) is 2. The van der Waals surface area contributed by atoms with E-state index in [2.05, 4.69) is 25.6 Å². The third-order valence-corrected chi connectivity index (χ3v) is 4.02. The first kappa shape index (κ1) is 18.4. The van der Waals surface area contributed by atoms with Crippen molar-refractivity contribution in [2.45, 2.75) is 13.0 Å². The van der Waals surface area contributed by atoms with Gasteiger partial charge in [0.1, 0.15) is 5.82 Å². The number of nitrogens with one attached hydrogen (secondary N) is 2. The summed E-state index contributed by atoms with van der Waals surface area (Å²) < 4.78 is 10.6. The summed E-state index contributed by atoms with van der Waals surface area (Å²) in [7, 11) is 3.27. The normalized spacial score (nSPS) is 10.3. The smallest absolute Gasteiger partial charge is 0.224 e. The molecular weight excluding hydrogens is 342 g/mol. The number of rotatable bonds is 9. The van der Waals surface area contributed by atoms with Crippen LogP contribution < -0.4 is 20.1 Å². The molecule has 0 atom stereocenters. The van der Waals surface area contributed by atoms with Crippen LogP contribution >= 0.6 is 0 Å². The number of aromatic nitrogens is 3. The highest BCUT2D eigenvalue weighted by Gasteiger charge is 2.05. The molecule has 7 heteroatoms. The summed E-state index contributed by atoms with van der Waals surface area (Å²) >= 11 is 0. The van der Waals surface area contributed by atoms with E-state index in [0.29, 0.717) is 19.0 Å². The number of benzene rings is 1. The molecule has 1 aromatic carbocycles. The molecule has 2 heterocycles. The van der Waals surface area contributed by atoms with Gasteiger partial charge < -0.3 is 20.1 Å². The molecule has 140 valence electrons. The van der Waals surface area contributed by atoms with Gasteiger partial charge in [0.25, 0.3) is 0 Å². The Morgan fingerprint density at radius 3 is 2.44 bits per heavy atom. The fraction of sp³-hybridized carbons (Fsp3) is 0.250. The van der Waals surface area contributed by atoms with Crippen molar-refractivity contribution in [1.29, 1.82) is 0 Å². The van der Waals surface area contributed by atoms with Crippen LogP contribution in [0.5, 0.6) is 11.5 Å². The Bertz CT molecular complexity index is 858. The van der Waals surface area contributed by atoms with Gasteiger partial charge in [-0.25, -0.2) is 4.98 Å². The van der Waals surface area contributed by atoms with Crippen LogP contribution in [0.2, 0.25) is 0 Å². The Balaban J connectivity index is 1.52. The molecule has 0 spiro atoms. The lowest BCUT2D eigenvalue weighted by Crippen LogP contribution is -2.09. The third-order valence-electron chi connectivity index (χ3n) is 4.02. The Kier molecular flexibility index (Phi) is 6.40. The van der Waals surface area contributed by atoms with E-state index in [1.807, 2.05) is 36.4 Å². The lowest BCUT2D eigenvalue weighted by atomic mass is 10.1. The predicted octanol–water partition coefficient (Wildman–Crippen LogP) is 3.16. The predicted molar refractivity (Wildman–Crippen MR) is 105 cm³/mol. The number of hydrogen-bond acceptors (Lipinski definition) is 7. The molecule has 3 aromatic rings. The standard InChI is InChI=1S/C20H23N5O2/c1-26-17-4-3-15(13-18(17)27-2)7-11-22-20-23-12-8-19(25-20)24-14-16-5-9-21-10-6-16/h3-6,8-10,12-13H,7,11,14H2,1-2H3,(H2,22,23,24,25). The summed E-state index contributed by atoms with van der Waals surface area (Å²) in [6, 6.07) is 11.7. The molecule has 3 rings (SSSR count). The van der Waals surface area contributed by atoms with Crippen LogP contribution in [0.25, 0.3) is 0 Å². The van der Waals surface area contributed by atoms with Crippen LogP contribution in [0.4, 0.5) is 11.8 Å². The lowest BCUT2D eigenvalue weighted by molar-refractivity contribution is 0.354. The molecule has 0 fully saturated rings. The number of anilines is 2. The molecule has 0 aliphatic carbocycles. The molecule has 2 N–H and O–H groups in total. The van der Waals surface area contributed by atoms with Gasteiger partial charge in [0.2, 0.25) is 5.95 Å². The summed E-state index contributed by atoms with van der Waals surface area (Å²) in [5, 5.41) is 6.54. The van der Waals surface area contributed by atoms with Crippen molar-refractivity contribution in [3.63, 3.8) is 0 Å². The Hall–Kier alpha value is -3.35. The second-order valence-corrected chi connectivity index (χ2v) is 5.84. The largest absolute Gasteiger partial charge is 0.493 e. The highest BCUT2D eigenvalue weighted by Crippen LogP contribution is 2.27. The molecule has 0 saturated heterocycles. The zero-order valence-electron chi connectivity index (χ0n) is 15.5. The molecule has 0 amide bonds. The Morgan fingerprint density at radius 1 is 0.852 bits per heavy atom. The summed E-state index contributed by atoms with van der Waals surface area (Å²) in [6.45, 7) is 1.40. The van der Waals surface area contributed by atoms with Crippen molar-refractivity contribution >= 4 is 11.8 Å². The molecule has 0 aliphatic heterocycles. The first-order valence-electron chi connectivity index (χ1n) is 8.69. The van der Waals surface area contributed by atoms with Crippen LogP contribution in [0.3, 0.4) is 0 Å². The maximum atomic E-state index is 5.34. The van der Waals surface area contributed by atoms with E-state index >= 15 is 0 Å². The molecule has 0 unspecified atom stereocenters. The maximum Gasteiger partial charge on any atom is 0.224 e. The van der Waals surface area contributed by atoms with Crippen molar-refractivity contribution in [2.75, 3.05) is 31.4 Å². The quantitative estimate of drug-likeness (QED) is 0.603. The minimum absolute atomic E-state index is 0.593. The van der Waals surface area contributed by atoms with Crippen LogP contribution in [0.1, 0.15) is 11.1 Å². The van der Waals surface area contributed by atoms with Crippen molar-refractivity contribution in [1.82, 2.24) is 15.0 Å². The lowest BCUT2D eigenvalue weighted by Gasteiger charge is -2.10. The van der Waals surface area contributed by atoms with Crippen molar-refractivity contribution in [2.24, 2.45) is 0 Å². The van der Waals surface area contributed by atoms with Crippen LogP contribution in [0.15, 0.2) is 55.0 Å². The van der Waals surface area contributed by atoms with Crippen molar-refractivity contribution < 1.29 is 9.47 Å². The molecule has 7 nitrogen and oxygen atoms in total. The van der Waals surface area contributed by atoms with E-state index in [9.17, 15) is 0 Å². The number of hydrogen-bond donors (Lipinski definition) is 2. The Morgan fingerprint density at radius 2 is 1.67 bits per heavy atom. The van der Waals surface area contributed by atoms with E-state index in [-0.39, 0.29) is 0 Å². The topological polar surface area (TPSA) is 81.2 Å². The van der Waals surface area contributed by atoms with Gasteiger partial charge >= 0.3 is 0 Å². The number of pyridine rings is 1. The minimum Gasteiger partial charge on any atom is -0.493 e. The second kappa shape index (κ2) is 9.38. The monoisotopic (exact) mass is 365 g/mol. The molecule has 0 bridgehead atoms. The summed E-state index contributed by atoms with van der Waals surface area (Å²) in [5.74, 6) is 2.82. The maximum absolute atomic E-state index is 5.34. The highest BCUT2D eigenvalue weighted by atomic mass is 16.5. The highest BCUT2D eigenvalue weighted by molar-refractivity contribution is 5.43. The molecule has 0 saturated carbocycles. The molecule has 2 aromatic heterocycles. The van der Waals surface area contributed by atoms with E-state index in [1.54, 1.807) is 32.8 Å². The van der Waals surface area contributed by atoms with Crippen LogP contribution in [0, 0.1) is 0 Å². The van der Waals surface area contributed by atoms with E-state index in [4.69, 9.17) is 9.47 Å². The van der Waals surface area contributed by atoms with E-state index in [1.165, 1.54) is 0 Å². The van der Waals surface area contributed by atoms with E-state index in [0.717, 1.165) is 34.9 Å². The number of nitrogens with zero attached hydrogens (tertiary/aromatic N) is 3. The van der Waals surface area contributed by atoms with Crippen molar-refractivity contribution in [3.8, 4) is 11.5 Å². The third kappa shape index (κ3) is 5.31. The fourth-order valence-corrected chi connectivity index (χ4v) is 2.59. The van der Waals surface area contributed by atoms with Gasteiger partial charge in [-0.2, -0.15) is 4.98 Å². The first-order valence-corrected chi connectivity index (χ1v) is 8.69. The molecule has 27 heavy (non-hydrogen) atoms. The molecule has 0 aliphatic rings. The van der Waals surface area contributed by atoms with Gasteiger partial charge in [0, 0.05) is 31.7 Å². The zero-order valence-corrected chi connectivity index (χ0v) is 15.5. The SMILES string of the molecule is COc1ccc(CCNc2nccc(NCc3ccncc3)n2)cc1OC. The summed E-state index contributed by atoms with van der Waals surface area (Å²) in [6.07, 6.45) is 6.11. The summed E-state index contributed by atoms with van der Waals surface area (Å²) in [4.78, 5) is 12.8. The molecule has 0 radical (unpaired) electrons. The van der Waals surface area contributed by atoms with Gasteiger partial charge in [0.15, 0.2) is 11.5 Å².